The third-order valence-corrected chi connectivity index (χ3v) is 6.96. The van der Waals surface area contributed by atoms with Gasteiger partial charge in [0.05, 0.1) is 18.5 Å². The smallest absolute Gasteiger partial charge is 0.258 e. The zero-order valence-electron chi connectivity index (χ0n) is 17.3. The van der Waals surface area contributed by atoms with Crippen LogP contribution in [0.15, 0.2) is 34.6 Å². The molecule has 30 heavy (non-hydrogen) atoms. The van der Waals surface area contributed by atoms with E-state index in [0.717, 1.165) is 17.1 Å². The molecule has 0 aromatic carbocycles. The lowest BCUT2D eigenvalue weighted by Gasteiger charge is -2.37. The van der Waals surface area contributed by atoms with E-state index in [9.17, 15) is 14.7 Å². The minimum Gasteiger partial charge on any atom is -0.396 e. The van der Waals surface area contributed by atoms with Gasteiger partial charge in [-0.1, -0.05) is 19.1 Å². The zero-order chi connectivity index (χ0) is 21.3. The van der Waals surface area contributed by atoms with Crippen molar-refractivity contribution in [3.8, 4) is 0 Å². The van der Waals surface area contributed by atoms with Gasteiger partial charge in [0.15, 0.2) is 0 Å². The van der Waals surface area contributed by atoms with Gasteiger partial charge >= 0.3 is 0 Å². The summed E-state index contributed by atoms with van der Waals surface area (Å²) in [5.41, 5.74) is 1.44. The Labute approximate surface area is 180 Å². The Balaban J connectivity index is 1.81. The highest BCUT2D eigenvalue weighted by molar-refractivity contribution is 7.09. The number of aromatic nitrogens is 2. The van der Waals surface area contributed by atoms with E-state index in [0.29, 0.717) is 25.2 Å². The van der Waals surface area contributed by atoms with Crippen LogP contribution in [0.25, 0.3) is 6.08 Å². The normalized spacial score (nSPS) is 25.6. The standard InChI is InChI=1S/C22H28N4O3S/c1-3-5-14-6-7-16-20-19(21(28)24-8-4-2)15(13-27)17(11-26(16)22(14)29)25(20)12-18-23-9-10-30-18/h3,5-7,9-10,15,17,19-20,27H,4,8,11-13H2,1-2H3,(H,24,28)/b5-3-/t15-,17-,19+,20+/m1/s1. The molecule has 2 aliphatic rings. The molecular formula is C22H28N4O3S. The molecule has 0 spiro atoms. The van der Waals surface area contributed by atoms with Crippen molar-refractivity contribution in [2.45, 2.75) is 45.4 Å². The van der Waals surface area contributed by atoms with Crippen LogP contribution < -0.4 is 10.9 Å². The van der Waals surface area contributed by atoms with Gasteiger partial charge in [0.1, 0.15) is 5.01 Å². The third-order valence-electron chi connectivity index (χ3n) is 6.20. The summed E-state index contributed by atoms with van der Waals surface area (Å²) in [7, 11) is 0. The van der Waals surface area contributed by atoms with Crippen LogP contribution in [0.3, 0.4) is 0 Å². The molecular weight excluding hydrogens is 400 g/mol. The lowest BCUT2D eigenvalue weighted by molar-refractivity contribution is -0.127. The number of aliphatic hydroxyl groups excluding tert-OH is 1. The minimum absolute atomic E-state index is 0.0409. The molecule has 4 rings (SSSR count). The van der Waals surface area contributed by atoms with Gasteiger partial charge in [-0.25, -0.2) is 4.98 Å². The van der Waals surface area contributed by atoms with Crippen molar-refractivity contribution in [3.63, 3.8) is 0 Å². The number of fused-ring (bicyclic) bond motifs is 4. The first-order chi connectivity index (χ1) is 14.6. The highest BCUT2D eigenvalue weighted by Crippen LogP contribution is 2.49. The van der Waals surface area contributed by atoms with Gasteiger partial charge in [0, 0.05) is 54.5 Å². The quantitative estimate of drug-likeness (QED) is 0.705. The number of thiazole rings is 1. The molecule has 2 aliphatic heterocycles. The molecule has 0 saturated carbocycles. The second kappa shape index (κ2) is 8.83. The molecule has 0 radical (unpaired) electrons. The predicted octanol–water partition coefficient (Wildman–Crippen LogP) is 2.03. The number of carbonyl (C=O) groups is 1. The fraction of sp³-hybridized carbons (Fsp3) is 0.500. The highest BCUT2D eigenvalue weighted by atomic mass is 32.1. The first kappa shape index (κ1) is 21.0. The molecule has 1 amide bonds. The van der Waals surface area contributed by atoms with Gasteiger partial charge in [-0.2, -0.15) is 0 Å². The van der Waals surface area contributed by atoms with Crippen molar-refractivity contribution < 1.29 is 9.90 Å². The maximum atomic E-state index is 13.2. The van der Waals surface area contributed by atoms with E-state index in [1.54, 1.807) is 22.1 Å². The molecule has 1 fully saturated rings. The summed E-state index contributed by atoms with van der Waals surface area (Å²) >= 11 is 1.58. The van der Waals surface area contributed by atoms with Gasteiger partial charge < -0.3 is 15.0 Å². The number of carbonyl (C=O) groups excluding carboxylic acids is 1. The molecule has 2 aromatic rings. The number of nitrogens with zero attached hydrogens (tertiary/aromatic N) is 3. The van der Waals surface area contributed by atoms with Crippen molar-refractivity contribution in [1.29, 1.82) is 0 Å². The summed E-state index contributed by atoms with van der Waals surface area (Å²) in [6.45, 7) is 5.48. The Kier molecular flexibility index (Phi) is 6.17. The van der Waals surface area contributed by atoms with Crippen LogP contribution in [0.1, 0.15) is 42.6 Å². The molecule has 2 aromatic heterocycles. The summed E-state index contributed by atoms with van der Waals surface area (Å²) in [5.74, 6) is -0.700. The highest BCUT2D eigenvalue weighted by Gasteiger charge is 2.55. The molecule has 0 aliphatic carbocycles. The SMILES string of the molecule is C/C=C\c1ccc2n(c1=O)C[C@@H]1[C@@H](CO)[C@H](C(=O)NCCC)[C@H]2N1Cc1nccs1. The number of rotatable bonds is 7. The average molecular weight is 429 g/mol. The Morgan fingerprint density at radius 2 is 2.27 bits per heavy atom. The van der Waals surface area contributed by atoms with Crippen LogP contribution in [-0.2, 0) is 17.9 Å². The summed E-state index contributed by atoms with van der Waals surface area (Å²) in [6, 6.07) is 3.43. The van der Waals surface area contributed by atoms with Crippen LogP contribution in [0.4, 0.5) is 0 Å². The van der Waals surface area contributed by atoms with Gasteiger partial charge in [0.25, 0.3) is 5.56 Å². The Morgan fingerprint density at radius 1 is 1.43 bits per heavy atom. The maximum Gasteiger partial charge on any atom is 0.258 e. The van der Waals surface area contributed by atoms with Crippen LogP contribution in [0.5, 0.6) is 0 Å². The number of pyridine rings is 1. The maximum absolute atomic E-state index is 13.2. The second-order valence-corrected chi connectivity index (χ2v) is 8.88. The first-order valence-corrected chi connectivity index (χ1v) is 11.4. The molecule has 160 valence electrons. The van der Waals surface area contributed by atoms with Crippen LogP contribution in [-0.4, -0.2) is 44.7 Å². The van der Waals surface area contributed by atoms with E-state index in [1.165, 1.54) is 0 Å². The van der Waals surface area contributed by atoms with Gasteiger partial charge in [-0.05, 0) is 25.5 Å². The summed E-state index contributed by atoms with van der Waals surface area (Å²) in [6.07, 6.45) is 6.30. The van der Waals surface area contributed by atoms with Crippen molar-refractivity contribution in [2.75, 3.05) is 13.2 Å². The monoisotopic (exact) mass is 428 g/mol. The average Bonchev–Trinajstić information content (AvgIpc) is 3.32. The number of allylic oxidation sites excluding steroid dienone is 1. The molecule has 4 atom stereocenters. The predicted molar refractivity (Wildman–Crippen MR) is 117 cm³/mol. The summed E-state index contributed by atoms with van der Waals surface area (Å²) < 4.78 is 1.80. The van der Waals surface area contributed by atoms with E-state index in [4.69, 9.17) is 0 Å². The minimum atomic E-state index is -0.410. The number of aliphatic hydroxyl groups is 1. The topological polar surface area (TPSA) is 87.5 Å². The number of hydrogen-bond acceptors (Lipinski definition) is 6. The first-order valence-electron chi connectivity index (χ1n) is 10.5. The fourth-order valence-corrected chi connectivity index (χ4v) is 5.54. The van der Waals surface area contributed by atoms with Crippen molar-refractivity contribution in [2.24, 2.45) is 11.8 Å². The fourth-order valence-electron chi connectivity index (χ4n) is 4.92. The molecule has 2 bridgehead atoms. The van der Waals surface area contributed by atoms with E-state index < -0.39 is 5.92 Å². The van der Waals surface area contributed by atoms with Gasteiger partial charge in [-0.3, -0.25) is 14.5 Å². The van der Waals surface area contributed by atoms with E-state index in [2.05, 4.69) is 15.2 Å². The van der Waals surface area contributed by atoms with E-state index in [1.807, 2.05) is 43.5 Å². The third kappa shape index (κ3) is 3.53. The Hall–Kier alpha value is -2.29. The van der Waals surface area contributed by atoms with Crippen molar-refractivity contribution in [1.82, 2.24) is 19.8 Å². The largest absolute Gasteiger partial charge is 0.396 e. The van der Waals surface area contributed by atoms with Gasteiger partial charge in [-0.15, -0.1) is 11.3 Å². The number of nitrogens with one attached hydrogen (secondary N) is 1. The molecule has 7 nitrogen and oxygen atoms in total. The second-order valence-electron chi connectivity index (χ2n) is 7.90. The number of hydrogen-bond donors (Lipinski definition) is 2. The number of amides is 1. The van der Waals surface area contributed by atoms with Crippen LogP contribution in [0, 0.1) is 11.8 Å². The Bertz CT molecular complexity index is 985. The molecule has 1 saturated heterocycles. The molecule has 2 N–H and O–H groups in total. The lowest BCUT2D eigenvalue weighted by atomic mass is 9.86. The van der Waals surface area contributed by atoms with Crippen molar-refractivity contribution >= 4 is 23.3 Å². The Morgan fingerprint density at radius 3 is 2.93 bits per heavy atom. The summed E-state index contributed by atoms with van der Waals surface area (Å²) in [5, 5.41) is 16.2. The molecule has 0 unspecified atom stereocenters. The molecule has 8 heteroatoms. The van der Waals surface area contributed by atoms with Crippen molar-refractivity contribution in [3.05, 3.63) is 56.4 Å². The van der Waals surface area contributed by atoms with Gasteiger partial charge in [0.2, 0.25) is 5.91 Å². The van der Waals surface area contributed by atoms with E-state index >= 15 is 0 Å². The van der Waals surface area contributed by atoms with Crippen LogP contribution >= 0.6 is 11.3 Å². The molecule has 4 heterocycles. The van der Waals surface area contributed by atoms with E-state index in [-0.39, 0.29) is 36.1 Å². The summed E-state index contributed by atoms with van der Waals surface area (Å²) in [4.78, 5) is 33.0. The zero-order valence-corrected chi connectivity index (χ0v) is 18.1. The lowest BCUT2D eigenvalue weighted by Crippen LogP contribution is -2.46. The van der Waals surface area contributed by atoms with Crippen LogP contribution in [0.2, 0.25) is 0 Å².